The summed E-state index contributed by atoms with van der Waals surface area (Å²) in [6.07, 6.45) is -1.63. The summed E-state index contributed by atoms with van der Waals surface area (Å²) >= 11 is 0. The van der Waals surface area contributed by atoms with Crippen molar-refractivity contribution in [2.75, 3.05) is 6.54 Å². The quantitative estimate of drug-likeness (QED) is 0.380. The average molecular weight is 444 g/mol. The SMILES string of the molecule is O=C(NC[C@H](O)c1ccc(OCc2ccccc2)c2[nH]c(=O)ccc12)OCc1ccccc1. The van der Waals surface area contributed by atoms with Gasteiger partial charge in [0.25, 0.3) is 0 Å². The molecule has 1 heterocycles. The summed E-state index contributed by atoms with van der Waals surface area (Å²) < 4.78 is 11.1. The number of fused-ring (bicyclic) bond motifs is 1. The molecule has 33 heavy (non-hydrogen) atoms. The molecule has 0 spiro atoms. The van der Waals surface area contributed by atoms with Crippen LogP contribution in [0.4, 0.5) is 4.79 Å². The molecule has 0 aliphatic rings. The van der Waals surface area contributed by atoms with E-state index in [4.69, 9.17) is 9.47 Å². The smallest absolute Gasteiger partial charge is 0.407 e. The summed E-state index contributed by atoms with van der Waals surface area (Å²) in [5, 5.41) is 13.9. The second kappa shape index (κ2) is 10.5. The number of nitrogens with one attached hydrogen (secondary N) is 2. The maximum Gasteiger partial charge on any atom is 0.407 e. The van der Waals surface area contributed by atoms with Crippen molar-refractivity contribution in [3.05, 3.63) is 112 Å². The lowest BCUT2D eigenvalue weighted by molar-refractivity contribution is 0.126. The summed E-state index contributed by atoms with van der Waals surface area (Å²) in [6, 6.07) is 25.5. The van der Waals surface area contributed by atoms with Gasteiger partial charge in [-0.05, 0) is 28.8 Å². The van der Waals surface area contributed by atoms with Crippen LogP contribution in [0.1, 0.15) is 22.8 Å². The van der Waals surface area contributed by atoms with E-state index in [1.54, 1.807) is 18.2 Å². The highest BCUT2D eigenvalue weighted by atomic mass is 16.5. The zero-order chi connectivity index (χ0) is 23.0. The van der Waals surface area contributed by atoms with Crippen molar-refractivity contribution >= 4 is 17.0 Å². The van der Waals surface area contributed by atoms with Crippen LogP contribution in [0.2, 0.25) is 0 Å². The van der Waals surface area contributed by atoms with Crippen LogP contribution >= 0.6 is 0 Å². The van der Waals surface area contributed by atoms with Gasteiger partial charge < -0.3 is 24.9 Å². The number of H-pyrrole nitrogens is 1. The number of ether oxygens (including phenoxy) is 2. The monoisotopic (exact) mass is 444 g/mol. The molecule has 4 rings (SSSR count). The van der Waals surface area contributed by atoms with Crippen LogP contribution < -0.4 is 15.6 Å². The van der Waals surface area contributed by atoms with Crippen LogP contribution in [-0.4, -0.2) is 22.7 Å². The molecule has 1 atom stereocenters. The van der Waals surface area contributed by atoms with Crippen LogP contribution in [-0.2, 0) is 18.0 Å². The van der Waals surface area contributed by atoms with Gasteiger partial charge in [0.15, 0.2) is 0 Å². The fourth-order valence-corrected chi connectivity index (χ4v) is 3.46. The number of amides is 1. The zero-order valence-electron chi connectivity index (χ0n) is 17.9. The van der Waals surface area contributed by atoms with E-state index in [1.807, 2.05) is 60.7 Å². The first-order valence-corrected chi connectivity index (χ1v) is 10.6. The number of aromatic amines is 1. The number of aromatic nitrogens is 1. The minimum atomic E-state index is -1.01. The lowest BCUT2D eigenvalue weighted by Crippen LogP contribution is -2.29. The minimum absolute atomic E-state index is 0.0495. The zero-order valence-corrected chi connectivity index (χ0v) is 17.9. The van der Waals surface area contributed by atoms with E-state index in [0.717, 1.165) is 11.1 Å². The number of carbonyl (C=O) groups excluding carboxylic acids is 1. The molecule has 0 aliphatic carbocycles. The van der Waals surface area contributed by atoms with Gasteiger partial charge in [-0.3, -0.25) is 4.79 Å². The van der Waals surface area contributed by atoms with Gasteiger partial charge in [0, 0.05) is 11.5 Å². The van der Waals surface area contributed by atoms with E-state index in [0.29, 0.717) is 28.8 Å². The van der Waals surface area contributed by atoms with Crippen molar-refractivity contribution in [1.82, 2.24) is 10.3 Å². The molecule has 3 N–H and O–H groups in total. The first-order chi connectivity index (χ1) is 16.1. The van der Waals surface area contributed by atoms with Gasteiger partial charge in [0.1, 0.15) is 19.0 Å². The van der Waals surface area contributed by atoms with Gasteiger partial charge in [-0.1, -0.05) is 66.7 Å². The van der Waals surface area contributed by atoms with Gasteiger partial charge in [0.2, 0.25) is 5.56 Å². The maximum absolute atomic E-state index is 12.0. The number of hydrogen-bond acceptors (Lipinski definition) is 5. The van der Waals surface area contributed by atoms with Crippen molar-refractivity contribution in [2.45, 2.75) is 19.3 Å². The van der Waals surface area contributed by atoms with E-state index in [1.165, 1.54) is 6.07 Å². The Bertz CT molecular complexity index is 1270. The van der Waals surface area contributed by atoms with Crippen molar-refractivity contribution < 1.29 is 19.4 Å². The number of rotatable bonds is 8. The Morgan fingerprint density at radius 1 is 0.879 bits per heavy atom. The Morgan fingerprint density at radius 3 is 2.24 bits per heavy atom. The van der Waals surface area contributed by atoms with Gasteiger partial charge in [-0.2, -0.15) is 0 Å². The van der Waals surface area contributed by atoms with Crippen molar-refractivity contribution in [3.63, 3.8) is 0 Å². The molecule has 1 aromatic heterocycles. The minimum Gasteiger partial charge on any atom is -0.487 e. The predicted molar refractivity (Wildman–Crippen MR) is 125 cm³/mol. The predicted octanol–water partition coefficient (Wildman–Crippen LogP) is 4.07. The molecule has 0 saturated heterocycles. The molecule has 0 saturated carbocycles. The Morgan fingerprint density at radius 2 is 1.55 bits per heavy atom. The Balaban J connectivity index is 1.44. The van der Waals surface area contributed by atoms with Gasteiger partial charge >= 0.3 is 6.09 Å². The Kier molecular flexibility index (Phi) is 7.02. The molecule has 0 aliphatic heterocycles. The van der Waals surface area contributed by atoms with Crippen LogP contribution in [0.25, 0.3) is 10.9 Å². The summed E-state index contributed by atoms with van der Waals surface area (Å²) in [6.45, 7) is 0.427. The maximum atomic E-state index is 12.0. The number of carbonyl (C=O) groups is 1. The van der Waals surface area contributed by atoms with Gasteiger partial charge in [0.05, 0.1) is 18.2 Å². The summed E-state index contributed by atoms with van der Waals surface area (Å²) in [4.78, 5) is 26.8. The number of aliphatic hydroxyl groups is 1. The van der Waals surface area contributed by atoms with E-state index < -0.39 is 12.2 Å². The average Bonchev–Trinajstić information content (AvgIpc) is 2.85. The molecule has 1 amide bonds. The first-order valence-electron chi connectivity index (χ1n) is 10.6. The van der Waals surface area contributed by atoms with Crippen molar-refractivity contribution in [1.29, 1.82) is 0 Å². The van der Waals surface area contributed by atoms with Crippen LogP contribution in [0.3, 0.4) is 0 Å². The Labute approximate surface area is 190 Å². The summed E-state index contributed by atoms with van der Waals surface area (Å²) in [7, 11) is 0. The number of pyridine rings is 1. The molecule has 0 fully saturated rings. The fourth-order valence-electron chi connectivity index (χ4n) is 3.46. The fraction of sp³-hybridized carbons (Fsp3) is 0.154. The lowest BCUT2D eigenvalue weighted by atomic mass is 10.0. The first kappa shape index (κ1) is 22.1. The molecule has 3 aromatic carbocycles. The van der Waals surface area contributed by atoms with E-state index in [9.17, 15) is 14.7 Å². The van der Waals surface area contributed by atoms with Crippen LogP contribution in [0, 0.1) is 0 Å². The van der Waals surface area contributed by atoms with E-state index in [-0.39, 0.29) is 18.7 Å². The molecule has 0 unspecified atom stereocenters. The van der Waals surface area contributed by atoms with E-state index in [2.05, 4.69) is 10.3 Å². The van der Waals surface area contributed by atoms with Crippen LogP contribution in [0.15, 0.2) is 89.7 Å². The number of benzene rings is 3. The third kappa shape index (κ3) is 5.78. The number of hydrogen-bond donors (Lipinski definition) is 3. The van der Waals surface area contributed by atoms with Crippen molar-refractivity contribution in [3.8, 4) is 5.75 Å². The highest BCUT2D eigenvalue weighted by Crippen LogP contribution is 2.30. The van der Waals surface area contributed by atoms with E-state index >= 15 is 0 Å². The third-order valence-corrected chi connectivity index (χ3v) is 5.14. The normalized spacial score (nSPS) is 11.7. The second-order valence-corrected chi connectivity index (χ2v) is 7.50. The molecule has 0 radical (unpaired) electrons. The highest BCUT2D eigenvalue weighted by Gasteiger charge is 2.16. The number of aliphatic hydroxyl groups excluding tert-OH is 1. The standard InChI is InChI=1S/C26H24N2O5/c29-22(15-27-26(31)33-17-19-9-5-2-6-10-19)20-11-13-23(25-21(20)12-14-24(30)28-25)32-16-18-7-3-1-4-8-18/h1-14,22,29H,15-17H2,(H,27,31)(H,28,30)/t22-/m0/s1. The largest absolute Gasteiger partial charge is 0.487 e. The third-order valence-electron chi connectivity index (χ3n) is 5.14. The Hall–Kier alpha value is -4.10. The molecule has 7 nitrogen and oxygen atoms in total. The highest BCUT2D eigenvalue weighted by molar-refractivity contribution is 5.87. The molecular weight excluding hydrogens is 420 g/mol. The molecule has 7 heteroatoms. The summed E-state index contributed by atoms with van der Waals surface area (Å²) in [5.41, 5.74) is 2.63. The van der Waals surface area contributed by atoms with Gasteiger partial charge in [-0.15, -0.1) is 0 Å². The lowest BCUT2D eigenvalue weighted by Gasteiger charge is -2.17. The molecule has 4 aromatic rings. The van der Waals surface area contributed by atoms with Crippen LogP contribution in [0.5, 0.6) is 5.75 Å². The van der Waals surface area contributed by atoms with Gasteiger partial charge in [-0.25, -0.2) is 4.79 Å². The second-order valence-electron chi connectivity index (χ2n) is 7.50. The molecule has 0 bridgehead atoms. The topological polar surface area (TPSA) is 101 Å². The number of alkyl carbamates (subject to hydrolysis) is 1. The molecular formula is C26H24N2O5. The molecule has 168 valence electrons. The summed E-state index contributed by atoms with van der Waals surface area (Å²) in [5.74, 6) is 0.498. The van der Waals surface area contributed by atoms with Crippen molar-refractivity contribution in [2.24, 2.45) is 0 Å².